The van der Waals surface area contributed by atoms with Crippen LogP contribution in [0.25, 0.3) is 16.7 Å². The summed E-state index contributed by atoms with van der Waals surface area (Å²) in [4.78, 5) is 32.5. The second-order valence-electron chi connectivity index (χ2n) is 8.56. The Morgan fingerprint density at radius 1 is 1.15 bits per heavy atom. The molecule has 170 valence electrons. The summed E-state index contributed by atoms with van der Waals surface area (Å²) in [6, 6.07) is 11.4. The van der Waals surface area contributed by atoms with Gasteiger partial charge in [0.15, 0.2) is 5.78 Å². The van der Waals surface area contributed by atoms with Crippen molar-refractivity contribution in [1.29, 1.82) is 5.26 Å². The Balaban J connectivity index is 1.79. The van der Waals surface area contributed by atoms with E-state index in [0.29, 0.717) is 29.7 Å². The fraction of sp³-hybridized carbons (Fsp3) is 0.385. The Morgan fingerprint density at radius 2 is 1.88 bits per heavy atom. The maximum Gasteiger partial charge on any atom is 0.224 e. The van der Waals surface area contributed by atoms with Gasteiger partial charge < -0.3 is 9.88 Å². The van der Waals surface area contributed by atoms with Crippen molar-refractivity contribution < 1.29 is 9.59 Å². The van der Waals surface area contributed by atoms with Gasteiger partial charge in [0, 0.05) is 24.1 Å². The quantitative estimate of drug-likeness (QED) is 0.564. The highest BCUT2D eigenvalue weighted by Gasteiger charge is 2.24. The van der Waals surface area contributed by atoms with Crippen molar-refractivity contribution in [1.82, 2.24) is 19.8 Å². The lowest BCUT2D eigenvalue weighted by atomic mass is 10.1. The van der Waals surface area contributed by atoms with Crippen LogP contribution in [0, 0.1) is 18.3 Å². The molecule has 3 heterocycles. The Morgan fingerprint density at radius 3 is 2.55 bits per heavy atom. The van der Waals surface area contributed by atoms with E-state index in [9.17, 15) is 9.59 Å². The first kappa shape index (κ1) is 22.7. The van der Waals surface area contributed by atoms with Gasteiger partial charge in [-0.3, -0.25) is 19.5 Å². The zero-order valence-corrected chi connectivity index (χ0v) is 19.2. The summed E-state index contributed by atoms with van der Waals surface area (Å²) >= 11 is 0. The number of benzene rings is 1. The van der Waals surface area contributed by atoms with E-state index in [2.05, 4.69) is 21.3 Å². The number of likely N-dealkylation sites (tertiary alicyclic amines) is 1. The van der Waals surface area contributed by atoms with Crippen molar-refractivity contribution in [2.45, 2.75) is 39.5 Å². The van der Waals surface area contributed by atoms with E-state index in [0.717, 1.165) is 48.4 Å². The lowest BCUT2D eigenvalue weighted by molar-refractivity contribution is -0.120. The summed E-state index contributed by atoms with van der Waals surface area (Å²) in [6.45, 7) is 6.68. The summed E-state index contributed by atoms with van der Waals surface area (Å²) in [6.07, 6.45) is 5.39. The van der Waals surface area contributed by atoms with E-state index in [4.69, 9.17) is 5.26 Å². The maximum absolute atomic E-state index is 13.4. The third-order valence-electron chi connectivity index (χ3n) is 6.19. The Hall–Kier alpha value is -3.50. The highest BCUT2D eigenvalue weighted by molar-refractivity contribution is 6.09. The molecule has 1 aromatic carbocycles. The molecule has 0 radical (unpaired) electrons. The Kier molecular flexibility index (Phi) is 6.85. The molecule has 1 aliphatic rings. The average Bonchev–Trinajstić information content (AvgIpc) is 3.11. The first-order valence-corrected chi connectivity index (χ1v) is 11.5. The predicted octanol–water partition coefficient (Wildman–Crippen LogP) is 3.55. The first-order valence-electron chi connectivity index (χ1n) is 11.5. The van der Waals surface area contributed by atoms with Gasteiger partial charge in [0.2, 0.25) is 5.91 Å². The third-order valence-corrected chi connectivity index (χ3v) is 6.19. The highest BCUT2D eigenvalue weighted by Crippen LogP contribution is 2.30. The van der Waals surface area contributed by atoms with Crippen LogP contribution in [0.2, 0.25) is 0 Å². The molecule has 33 heavy (non-hydrogen) atoms. The van der Waals surface area contributed by atoms with Crippen molar-refractivity contribution in [2.24, 2.45) is 0 Å². The number of fused-ring (bicyclic) bond motifs is 1. The summed E-state index contributed by atoms with van der Waals surface area (Å²) in [5.74, 6) is 0.00372. The van der Waals surface area contributed by atoms with E-state index >= 15 is 0 Å². The summed E-state index contributed by atoms with van der Waals surface area (Å²) < 4.78 is 2.01. The molecule has 7 heteroatoms. The standard InChI is InChI=1S/C26H29N5O2/c1-3-28-24(33)14-20-13-22-26(29-16-20)25(23(32)17-30-11-5-4-6-12-30)18(2)31(22)21-9-7-19(15-27)8-10-21/h7-10,13,16H,3-6,11-12,14,17H2,1-2H3,(H,28,33). The van der Waals surface area contributed by atoms with E-state index in [1.165, 1.54) is 6.42 Å². The van der Waals surface area contributed by atoms with Gasteiger partial charge in [-0.15, -0.1) is 0 Å². The number of likely N-dealkylation sites (N-methyl/N-ethyl adjacent to an activating group) is 1. The summed E-state index contributed by atoms with van der Waals surface area (Å²) in [5, 5.41) is 12.0. The number of rotatable bonds is 7. The molecule has 0 unspecified atom stereocenters. The van der Waals surface area contributed by atoms with Gasteiger partial charge in [-0.1, -0.05) is 6.42 Å². The van der Waals surface area contributed by atoms with Crippen molar-refractivity contribution in [3.05, 3.63) is 58.9 Å². The van der Waals surface area contributed by atoms with Crippen LogP contribution in [-0.2, 0) is 11.2 Å². The van der Waals surface area contributed by atoms with E-state index in [1.807, 2.05) is 36.6 Å². The minimum Gasteiger partial charge on any atom is -0.356 e. The van der Waals surface area contributed by atoms with Gasteiger partial charge in [0.05, 0.1) is 41.2 Å². The monoisotopic (exact) mass is 443 g/mol. The molecule has 1 aliphatic heterocycles. The number of hydrogen-bond donors (Lipinski definition) is 1. The number of aromatic nitrogens is 2. The third kappa shape index (κ3) is 4.81. The smallest absolute Gasteiger partial charge is 0.224 e. The van der Waals surface area contributed by atoms with Gasteiger partial charge in [0.1, 0.15) is 0 Å². The number of pyridine rings is 1. The van der Waals surface area contributed by atoms with E-state index in [-0.39, 0.29) is 18.1 Å². The molecule has 2 aromatic heterocycles. The fourth-order valence-electron chi connectivity index (χ4n) is 4.61. The molecule has 4 rings (SSSR count). The minimum atomic E-state index is -0.0618. The number of carbonyl (C=O) groups is 2. The van der Waals surface area contributed by atoms with Gasteiger partial charge in [-0.25, -0.2) is 0 Å². The van der Waals surface area contributed by atoms with Gasteiger partial charge in [-0.05, 0) is 75.7 Å². The van der Waals surface area contributed by atoms with Crippen molar-refractivity contribution >= 4 is 22.7 Å². The predicted molar refractivity (Wildman–Crippen MR) is 128 cm³/mol. The van der Waals surface area contributed by atoms with Gasteiger partial charge >= 0.3 is 0 Å². The summed E-state index contributed by atoms with van der Waals surface area (Å²) in [5.41, 5.74) is 5.11. The van der Waals surface area contributed by atoms with Gasteiger partial charge in [0.25, 0.3) is 0 Å². The summed E-state index contributed by atoms with van der Waals surface area (Å²) in [7, 11) is 0. The number of Topliss-reactive ketones (excluding diaryl/α,β-unsaturated/α-hetero) is 1. The maximum atomic E-state index is 13.4. The molecule has 0 bridgehead atoms. The number of amides is 1. The zero-order valence-electron chi connectivity index (χ0n) is 19.2. The van der Waals surface area contributed by atoms with E-state index in [1.54, 1.807) is 18.3 Å². The molecular weight excluding hydrogens is 414 g/mol. The molecule has 1 amide bonds. The Labute approximate surface area is 194 Å². The highest BCUT2D eigenvalue weighted by atomic mass is 16.1. The molecule has 1 N–H and O–H groups in total. The largest absolute Gasteiger partial charge is 0.356 e. The molecule has 0 atom stereocenters. The van der Waals surface area contributed by atoms with Gasteiger partial charge in [-0.2, -0.15) is 5.26 Å². The zero-order chi connectivity index (χ0) is 23.4. The lowest BCUT2D eigenvalue weighted by Gasteiger charge is -2.25. The van der Waals surface area contributed by atoms with Crippen LogP contribution >= 0.6 is 0 Å². The number of ketones is 1. The van der Waals surface area contributed by atoms with E-state index < -0.39 is 0 Å². The molecule has 0 spiro atoms. The molecule has 0 saturated carbocycles. The second-order valence-corrected chi connectivity index (χ2v) is 8.56. The van der Waals surface area contributed by atoms with Crippen LogP contribution in [-0.4, -0.2) is 52.3 Å². The fourth-order valence-corrected chi connectivity index (χ4v) is 4.61. The normalized spacial score (nSPS) is 14.2. The Bertz CT molecular complexity index is 1210. The number of piperidine rings is 1. The number of nitrogens with zero attached hydrogens (tertiary/aromatic N) is 4. The first-order chi connectivity index (χ1) is 16.0. The topological polar surface area (TPSA) is 91.0 Å². The van der Waals surface area contributed by atoms with Crippen LogP contribution in [0.4, 0.5) is 0 Å². The number of carbonyl (C=O) groups excluding carboxylic acids is 2. The van der Waals surface area contributed by atoms with Crippen molar-refractivity contribution in [2.75, 3.05) is 26.2 Å². The number of nitrogens with one attached hydrogen (secondary N) is 1. The van der Waals surface area contributed by atoms with Crippen LogP contribution in [0.5, 0.6) is 0 Å². The van der Waals surface area contributed by atoms with Crippen LogP contribution < -0.4 is 5.32 Å². The molecule has 0 aliphatic carbocycles. The molecule has 1 saturated heterocycles. The van der Waals surface area contributed by atoms with Crippen molar-refractivity contribution in [3.63, 3.8) is 0 Å². The molecular formula is C26H29N5O2. The second kappa shape index (κ2) is 9.97. The minimum absolute atomic E-state index is 0.0618. The van der Waals surface area contributed by atoms with Crippen LogP contribution in [0.3, 0.4) is 0 Å². The van der Waals surface area contributed by atoms with Crippen LogP contribution in [0.1, 0.15) is 53.4 Å². The SMILES string of the molecule is CCNC(=O)Cc1cnc2c(C(=O)CN3CCCCC3)c(C)n(-c3ccc(C#N)cc3)c2c1. The average molecular weight is 444 g/mol. The van der Waals surface area contributed by atoms with Crippen molar-refractivity contribution in [3.8, 4) is 11.8 Å². The number of nitriles is 1. The molecule has 3 aromatic rings. The molecule has 7 nitrogen and oxygen atoms in total. The lowest BCUT2D eigenvalue weighted by Crippen LogP contribution is -2.34. The number of hydrogen-bond acceptors (Lipinski definition) is 5. The van der Waals surface area contributed by atoms with Crippen LogP contribution in [0.15, 0.2) is 36.5 Å². The molecule has 1 fully saturated rings.